The molecule has 0 atom stereocenters. The molecule has 0 aliphatic heterocycles. The first-order valence-electron chi connectivity index (χ1n) is 8.60. The highest BCUT2D eigenvalue weighted by molar-refractivity contribution is 6.30. The van der Waals surface area contributed by atoms with Crippen molar-refractivity contribution in [2.24, 2.45) is 4.99 Å². The van der Waals surface area contributed by atoms with Crippen molar-refractivity contribution in [3.8, 4) is 0 Å². The largest absolute Gasteiger partial charge is 0.416 e. The molecule has 11 heteroatoms. The third-order valence-electron chi connectivity index (χ3n) is 3.85. The van der Waals surface area contributed by atoms with E-state index in [1.807, 2.05) is 0 Å². The lowest BCUT2D eigenvalue weighted by Crippen LogP contribution is -2.36. The van der Waals surface area contributed by atoms with E-state index in [-0.39, 0.29) is 28.1 Å². The smallest absolute Gasteiger partial charge is 0.326 e. The first-order chi connectivity index (χ1) is 14.6. The molecule has 3 rings (SSSR count). The van der Waals surface area contributed by atoms with E-state index in [0.717, 1.165) is 18.2 Å². The second-order valence-electron chi connectivity index (χ2n) is 6.15. The molecule has 0 saturated heterocycles. The van der Waals surface area contributed by atoms with Crippen LogP contribution in [-0.2, 0) is 6.18 Å². The van der Waals surface area contributed by atoms with E-state index in [4.69, 9.17) is 11.6 Å². The van der Waals surface area contributed by atoms with Crippen LogP contribution in [0.1, 0.15) is 15.9 Å². The number of aromatic amines is 1. The summed E-state index contributed by atoms with van der Waals surface area (Å²) in [6, 6.07) is 11.6. The number of nitrogens with one attached hydrogen (secondary N) is 3. The fourth-order valence-corrected chi connectivity index (χ4v) is 2.55. The number of hydrogen-bond acceptors (Lipinski definition) is 3. The molecule has 6 nitrogen and oxygen atoms in total. The average molecular weight is 453 g/mol. The number of H-pyrrole nitrogens is 1. The number of carbonyl (C=O) groups is 1. The quantitative estimate of drug-likeness (QED) is 0.305. The Balaban J connectivity index is 1.94. The Morgan fingerprint density at radius 1 is 1.03 bits per heavy atom. The number of carbonyl (C=O) groups excluding carboxylic acids is 1. The van der Waals surface area contributed by atoms with Gasteiger partial charge in [-0.25, -0.2) is 4.39 Å². The number of nitrogens with zero attached hydrogens (tertiary/aromatic N) is 1. The van der Waals surface area contributed by atoms with Gasteiger partial charge < -0.3 is 10.3 Å². The number of amides is 1. The van der Waals surface area contributed by atoms with Gasteiger partial charge in [-0.1, -0.05) is 23.7 Å². The summed E-state index contributed by atoms with van der Waals surface area (Å²) in [6.45, 7) is 0. The standard InChI is InChI=1S/C20H13ClF4N4O2/c21-14-8-7-11(9-15(14)22)18(31)29-19(28-16-5-2-6-17(30)27-16)26-13-4-1-3-12(10-13)20(23,24)25/h1-10H,(H3,26,27,28,29,30,31). The lowest BCUT2D eigenvalue weighted by Gasteiger charge is -2.14. The van der Waals surface area contributed by atoms with Crippen LogP contribution < -0.4 is 16.2 Å². The minimum Gasteiger partial charge on any atom is -0.326 e. The second-order valence-corrected chi connectivity index (χ2v) is 6.55. The zero-order valence-corrected chi connectivity index (χ0v) is 16.2. The van der Waals surface area contributed by atoms with Gasteiger partial charge in [-0.05, 0) is 42.5 Å². The van der Waals surface area contributed by atoms with E-state index in [0.29, 0.717) is 0 Å². The number of pyridine rings is 1. The van der Waals surface area contributed by atoms with Crippen molar-refractivity contribution in [2.75, 3.05) is 5.32 Å². The molecule has 3 N–H and O–H groups in total. The molecular formula is C20H13ClF4N4O2. The van der Waals surface area contributed by atoms with Crippen molar-refractivity contribution >= 4 is 35.0 Å². The maximum absolute atomic E-state index is 13.7. The van der Waals surface area contributed by atoms with Gasteiger partial charge in [0.25, 0.3) is 5.91 Å². The van der Waals surface area contributed by atoms with E-state index in [2.05, 4.69) is 20.6 Å². The van der Waals surface area contributed by atoms with Crippen molar-refractivity contribution in [1.29, 1.82) is 0 Å². The van der Waals surface area contributed by atoms with Gasteiger partial charge in [0.15, 0.2) is 0 Å². The average Bonchev–Trinajstić information content (AvgIpc) is 2.69. The summed E-state index contributed by atoms with van der Waals surface area (Å²) in [6.07, 6.45) is -4.58. The van der Waals surface area contributed by atoms with Crippen LogP contribution in [0.3, 0.4) is 0 Å². The van der Waals surface area contributed by atoms with Crippen molar-refractivity contribution in [1.82, 2.24) is 10.3 Å². The maximum atomic E-state index is 13.7. The number of hydrogen-bond donors (Lipinski definition) is 3. The Morgan fingerprint density at radius 2 is 1.77 bits per heavy atom. The van der Waals surface area contributed by atoms with Gasteiger partial charge in [-0.2, -0.15) is 18.2 Å². The molecule has 3 aromatic rings. The zero-order valence-electron chi connectivity index (χ0n) is 15.4. The van der Waals surface area contributed by atoms with Crippen LogP contribution in [0.4, 0.5) is 29.1 Å². The van der Waals surface area contributed by atoms with Crippen LogP contribution in [0, 0.1) is 5.82 Å². The summed E-state index contributed by atoms with van der Waals surface area (Å²) in [7, 11) is 0. The van der Waals surface area contributed by atoms with Gasteiger partial charge in [-0.15, -0.1) is 0 Å². The third kappa shape index (κ3) is 5.92. The molecule has 0 saturated carbocycles. The first kappa shape index (κ1) is 22.0. The van der Waals surface area contributed by atoms with E-state index < -0.39 is 29.0 Å². The molecule has 0 fully saturated rings. The Kier molecular flexibility index (Phi) is 6.40. The number of benzene rings is 2. The number of aromatic nitrogens is 1. The zero-order chi connectivity index (χ0) is 22.6. The van der Waals surface area contributed by atoms with Crippen LogP contribution in [0.5, 0.6) is 0 Å². The number of guanidine groups is 1. The molecule has 31 heavy (non-hydrogen) atoms. The number of anilines is 1. The first-order valence-corrected chi connectivity index (χ1v) is 8.98. The molecule has 2 aromatic carbocycles. The third-order valence-corrected chi connectivity index (χ3v) is 4.16. The molecule has 0 radical (unpaired) electrons. The summed E-state index contributed by atoms with van der Waals surface area (Å²) in [4.78, 5) is 30.4. The molecular weight excluding hydrogens is 440 g/mol. The van der Waals surface area contributed by atoms with Crippen LogP contribution in [0.15, 0.2) is 70.5 Å². The van der Waals surface area contributed by atoms with Gasteiger partial charge >= 0.3 is 6.18 Å². The monoisotopic (exact) mass is 452 g/mol. The van der Waals surface area contributed by atoms with Crippen molar-refractivity contribution in [3.05, 3.63) is 93.0 Å². The van der Waals surface area contributed by atoms with Gasteiger partial charge in [0.2, 0.25) is 11.5 Å². The summed E-state index contributed by atoms with van der Waals surface area (Å²) in [5.74, 6) is -1.93. The van der Waals surface area contributed by atoms with Crippen LogP contribution in [0.25, 0.3) is 0 Å². The van der Waals surface area contributed by atoms with E-state index >= 15 is 0 Å². The minimum atomic E-state index is -4.58. The SMILES string of the molecule is O=C(NC(=Nc1cccc(=O)[nH]1)Nc1cccc(C(F)(F)F)c1)c1ccc(Cl)c(F)c1. The predicted molar refractivity (Wildman–Crippen MR) is 108 cm³/mol. The number of alkyl halides is 3. The lowest BCUT2D eigenvalue weighted by atomic mass is 10.2. The van der Waals surface area contributed by atoms with Crippen LogP contribution >= 0.6 is 11.6 Å². The minimum absolute atomic E-state index is 0.0181. The molecule has 1 amide bonds. The van der Waals surface area contributed by atoms with Gasteiger partial charge in [-0.3, -0.25) is 14.9 Å². The lowest BCUT2D eigenvalue weighted by molar-refractivity contribution is -0.137. The Hall–Kier alpha value is -3.66. The predicted octanol–water partition coefficient (Wildman–Crippen LogP) is 4.72. The molecule has 0 spiro atoms. The maximum Gasteiger partial charge on any atom is 0.416 e. The molecule has 1 heterocycles. The summed E-state index contributed by atoms with van der Waals surface area (Å²) < 4.78 is 52.6. The summed E-state index contributed by atoms with van der Waals surface area (Å²) in [5.41, 5.74) is -1.54. The van der Waals surface area contributed by atoms with Crippen LogP contribution in [-0.4, -0.2) is 16.9 Å². The van der Waals surface area contributed by atoms with Gasteiger partial charge in [0.1, 0.15) is 11.6 Å². The molecule has 0 bridgehead atoms. The van der Waals surface area contributed by atoms with Crippen molar-refractivity contribution < 1.29 is 22.4 Å². The summed E-state index contributed by atoms with van der Waals surface area (Å²) in [5, 5.41) is 4.72. The Morgan fingerprint density at radius 3 is 2.45 bits per heavy atom. The topological polar surface area (TPSA) is 86.3 Å². The fraction of sp³-hybridized carbons (Fsp3) is 0.0500. The van der Waals surface area contributed by atoms with Gasteiger partial charge in [0, 0.05) is 17.3 Å². The van der Waals surface area contributed by atoms with Crippen molar-refractivity contribution in [3.63, 3.8) is 0 Å². The highest BCUT2D eigenvalue weighted by Crippen LogP contribution is 2.30. The Labute approximate surface area is 177 Å². The molecule has 160 valence electrons. The van der Waals surface area contributed by atoms with E-state index in [1.54, 1.807) is 0 Å². The molecule has 0 aliphatic rings. The highest BCUT2D eigenvalue weighted by atomic mass is 35.5. The molecule has 0 unspecified atom stereocenters. The Bertz CT molecular complexity index is 1210. The number of aliphatic imine (C=N–C) groups is 1. The van der Waals surface area contributed by atoms with Crippen molar-refractivity contribution in [2.45, 2.75) is 6.18 Å². The molecule has 0 aliphatic carbocycles. The fourth-order valence-electron chi connectivity index (χ4n) is 2.44. The number of halogens is 5. The summed E-state index contributed by atoms with van der Waals surface area (Å²) >= 11 is 5.60. The highest BCUT2D eigenvalue weighted by Gasteiger charge is 2.30. The normalized spacial score (nSPS) is 11.8. The van der Waals surface area contributed by atoms with Crippen LogP contribution in [0.2, 0.25) is 5.02 Å². The van der Waals surface area contributed by atoms with Gasteiger partial charge in [0.05, 0.1) is 10.6 Å². The van der Waals surface area contributed by atoms with E-state index in [9.17, 15) is 27.2 Å². The van der Waals surface area contributed by atoms with E-state index in [1.165, 1.54) is 42.5 Å². The molecule has 1 aromatic heterocycles. The number of rotatable bonds is 3. The second kappa shape index (κ2) is 9.00.